The zero-order chi connectivity index (χ0) is 21.1. The van der Waals surface area contributed by atoms with Crippen molar-refractivity contribution in [2.24, 2.45) is 0 Å². The molecule has 0 aliphatic carbocycles. The van der Waals surface area contributed by atoms with E-state index in [0.29, 0.717) is 38.4 Å². The number of benzene rings is 1. The van der Waals surface area contributed by atoms with Gasteiger partial charge in [-0.3, -0.25) is 19.5 Å². The number of aryl methyl sites for hydroxylation is 1. The van der Waals surface area contributed by atoms with Gasteiger partial charge < -0.3 is 4.90 Å². The summed E-state index contributed by atoms with van der Waals surface area (Å²) in [4.78, 5) is 33.6. The Balaban J connectivity index is 1.51. The molecule has 8 heteroatoms. The van der Waals surface area contributed by atoms with Crippen LogP contribution in [0.3, 0.4) is 0 Å². The van der Waals surface area contributed by atoms with E-state index in [2.05, 4.69) is 15.0 Å². The largest absolute Gasteiger partial charge is 0.335 e. The third-order valence-electron chi connectivity index (χ3n) is 5.16. The Labute approximate surface area is 173 Å². The standard InChI is InChI=1S/C22H22FN5O2/c1-16-14-20(29)21(25-28(16)19-8-3-2-7-18(19)23)22(30)27-12-10-26(11-13-27)15-17-6-4-5-9-24-17/h2-9,14H,10-13,15H2,1H3. The Morgan fingerprint density at radius 3 is 2.50 bits per heavy atom. The van der Waals surface area contributed by atoms with Gasteiger partial charge in [0.25, 0.3) is 5.91 Å². The van der Waals surface area contributed by atoms with Crippen LogP contribution < -0.4 is 5.43 Å². The fourth-order valence-electron chi connectivity index (χ4n) is 3.54. The van der Waals surface area contributed by atoms with Crippen LogP contribution in [0.5, 0.6) is 0 Å². The van der Waals surface area contributed by atoms with E-state index in [-0.39, 0.29) is 11.4 Å². The molecule has 3 heterocycles. The van der Waals surface area contributed by atoms with Gasteiger partial charge in [0, 0.05) is 50.7 Å². The van der Waals surface area contributed by atoms with E-state index in [1.54, 1.807) is 36.2 Å². The van der Waals surface area contributed by atoms with E-state index in [1.807, 2.05) is 18.2 Å². The molecule has 0 spiro atoms. The summed E-state index contributed by atoms with van der Waals surface area (Å²) in [6, 6.07) is 13.3. The Kier molecular flexibility index (Phi) is 5.67. The summed E-state index contributed by atoms with van der Waals surface area (Å²) < 4.78 is 15.5. The third-order valence-corrected chi connectivity index (χ3v) is 5.16. The zero-order valence-corrected chi connectivity index (χ0v) is 16.7. The molecule has 0 radical (unpaired) electrons. The molecule has 0 bridgehead atoms. The molecule has 3 aromatic rings. The van der Waals surface area contributed by atoms with E-state index in [9.17, 15) is 14.0 Å². The molecule has 1 aromatic carbocycles. The molecule has 1 amide bonds. The molecule has 1 saturated heterocycles. The van der Waals surface area contributed by atoms with Crippen molar-refractivity contribution < 1.29 is 9.18 Å². The first kappa shape index (κ1) is 19.9. The summed E-state index contributed by atoms with van der Waals surface area (Å²) in [5, 5.41) is 4.21. The topological polar surface area (TPSA) is 71.3 Å². The summed E-state index contributed by atoms with van der Waals surface area (Å²) >= 11 is 0. The average Bonchev–Trinajstić information content (AvgIpc) is 2.75. The van der Waals surface area contributed by atoms with Crippen LogP contribution in [0.1, 0.15) is 21.9 Å². The maximum atomic E-state index is 14.2. The molecule has 0 saturated carbocycles. The highest BCUT2D eigenvalue weighted by atomic mass is 19.1. The number of piperazine rings is 1. The lowest BCUT2D eigenvalue weighted by Gasteiger charge is -2.34. The Bertz CT molecular complexity index is 1110. The second-order valence-corrected chi connectivity index (χ2v) is 7.25. The molecular formula is C22H22FN5O2. The van der Waals surface area contributed by atoms with Gasteiger partial charge in [0.05, 0.1) is 5.69 Å². The van der Waals surface area contributed by atoms with Gasteiger partial charge in [-0.1, -0.05) is 18.2 Å². The van der Waals surface area contributed by atoms with Crippen LogP contribution in [0.25, 0.3) is 5.69 Å². The van der Waals surface area contributed by atoms with Gasteiger partial charge in [0.2, 0.25) is 5.43 Å². The Hall–Kier alpha value is -3.39. The molecular weight excluding hydrogens is 385 g/mol. The first-order valence-electron chi connectivity index (χ1n) is 9.80. The lowest BCUT2D eigenvalue weighted by atomic mass is 10.2. The molecule has 0 N–H and O–H groups in total. The van der Waals surface area contributed by atoms with Crippen molar-refractivity contribution in [1.82, 2.24) is 24.6 Å². The van der Waals surface area contributed by atoms with Crippen LogP contribution in [-0.4, -0.2) is 56.7 Å². The monoisotopic (exact) mass is 407 g/mol. The van der Waals surface area contributed by atoms with Gasteiger partial charge >= 0.3 is 0 Å². The average molecular weight is 407 g/mol. The van der Waals surface area contributed by atoms with Crippen molar-refractivity contribution in [3.8, 4) is 5.69 Å². The Morgan fingerprint density at radius 2 is 1.80 bits per heavy atom. The number of hydrogen-bond acceptors (Lipinski definition) is 5. The fraction of sp³-hybridized carbons (Fsp3) is 0.273. The van der Waals surface area contributed by atoms with Crippen LogP contribution in [0, 0.1) is 12.7 Å². The minimum Gasteiger partial charge on any atom is -0.335 e. The predicted molar refractivity (Wildman–Crippen MR) is 110 cm³/mol. The van der Waals surface area contributed by atoms with Crippen molar-refractivity contribution in [3.63, 3.8) is 0 Å². The molecule has 4 rings (SSSR count). The summed E-state index contributed by atoms with van der Waals surface area (Å²) in [7, 11) is 0. The fourth-order valence-corrected chi connectivity index (χ4v) is 3.54. The van der Waals surface area contributed by atoms with Crippen LogP contribution in [0.15, 0.2) is 59.5 Å². The molecule has 2 aromatic heterocycles. The number of nitrogens with zero attached hydrogens (tertiary/aromatic N) is 5. The lowest BCUT2D eigenvalue weighted by molar-refractivity contribution is 0.0618. The van der Waals surface area contributed by atoms with Gasteiger partial charge in [-0.15, -0.1) is 0 Å². The number of rotatable bonds is 4. The molecule has 7 nitrogen and oxygen atoms in total. The van der Waals surface area contributed by atoms with Crippen LogP contribution in [0.2, 0.25) is 0 Å². The van der Waals surface area contributed by atoms with E-state index >= 15 is 0 Å². The summed E-state index contributed by atoms with van der Waals surface area (Å²) in [5.74, 6) is -0.902. The van der Waals surface area contributed by atoms with Gasteiger partial charge in [-0.25, -0.2) is 9.07 Å². The molecule has 0 atom stereocenters. The highest BCUT2D eigenvalue weighted by Crippen LogP contribution is 2.14. The van der Waals surface area contributed by atoms with Crippen molar-refractivity contribution >= 4 is 5.91 Å². The van der Waals surface area contributed by atoms with Crippen molar-refractivity contribution in [2.75, 3.05) is 26.2 Å². The van der Waals surface area contributed by atoms with Crippen molar-refractivity contribution in [1.29, 1.82) is 0 Å². The second kappa shape index (κ2) is 8.54. The molecule has 1 aliphatic heterocycles. The first-order valence-corrected chi connectivity index (χ1v) is 9.80. The van der Waals surface area contributed by atoms with Crippen LogP contribution >= 0.6 is 0 Å². The summed E-state index contributed by atoms with van der Waals surface area (Å²) in [6.45, 7) is 4.70. The predicted octanol–water partition coefficient (Wildman–Crippen LogP) is 2.03. The number of carbonyl (C=O) groups is 1. The number of aromatic nitrogens is 3. The maximum Gasteiger partial charge on any atom is 0.278 e. The van der Waals surface area contributed by atoms with Gasteiger partial charge in [0.1, 0.15) is 11.5 Å². The molecule has 0 unspecified atom stereocenters. The number of carbonyl (C=O) groups excluding carboxylic acids is 1. The van der Waals surface area contributed by atoms with Crippen molar-refractivity contribution in [2.45, 2.75) is 13.5 Å². The summed E-state index contributed by atoms with van der Waals surface area (Å²) in [5.41, 5.74) is 0.986. The number of hydrogen-bond donors (Lipinski definition) is 0. The SMILES string of the molecule is Cc1cc(=O)c(C(=O)N2CCN(Cc3ccccn3)CC2)nn1-c1ccccc1F. The zero-order valence-electron chi connectivity index (χ0n) is 16.7. The first-order chi connectivity index (χ1) is 14.5. The smallest absolute Gasteiger partial charge is 0.278 e. The highest BCUT2D eigenvalue weighted by Gasteiger charge is 2.26. The Morgan fingerprint density at radius 1 is 1.07 bits per heavy atom. The molecule has 1 fully saturated rings. The van der Waals surface area contributed by atoms with E-state index in [1.165, 1.54) is 16.8 Å². The number of pyridine rings is 1. The van der Waals surface area contributed by atoms with E-state index in [4.69, 9.17) is 0 Å². The molecule has 154 valence electrons. The number of halogens is 1. The molecule has 30 heavy (non-hydrogen) atoms. The van der Waals surface area contributed by atoms with Gasteiger partial charge in [-0.2, -0.15) is 5.10 Å². The molecule has 1 aliphatic rings. The number of para-hydroxylation sites is 1. The van der Waals surface area contributed by atoms with E-state index in [0.717, 1.165) is 5.69 Å². The normalized spacial score (nSPS) is 14.7. The lowest BCUT2D eigenvalue weighted by Crippen LogP contribution is -2.49. The van der Waals surface area contributed by atoms with Crippen molar-refractivity contribution in [3.05, 3.63) is 87.9 Å². The maximum absolute atomic E-state index is 14.2. The van der Waals surface area contributed by atoms with Gasteiger partial charge in [0.15, 0.2) is 5.69 Å². The minimum atomic E-state index is -0.474. The highest BCUT2D eigenvalue weighted by molar-refractivity contribution is 5.92. The quantitative estimate of drug-likeness (QED) is 0.662. The van der Waals surface area contributed by atoms with Gasteiger partial charge in [-0.05, 0) is 31.2 Å². The van der Waals surface area contributed by atoms with E-state index < -0.39 is 17.2 Å². The number of amides is 1. The third kappa shape index (κ3) is 4.13. The second-order valence-electron chi connectivity index (χ2n) is 7.25. The minimum absolute atomic E-state index is 0.193. The van der Waals surface area contributed by atoms with Crippen LogP contribution in [0.4, 0.5) is 4.39 Å². The van der Waals surface area contributed by atoms with Crippen LogP contribution in [-0.2, 0) is 6.54 Å². The summed E-state index contributed by atoms with van der Waals surface area (Å²) in [6.07, 6.45) is 1.76.